The van der Waals surface area contributed by atoms with E-state index in [0.717, 1.165) is 46.5 Å². The lowest BCUT2D eigenvalue weighted by atomic mass is 9.97. The van der Waals surface area contributed by atoms with E-state index >= 15 is 0 Å². The minimum Gasteiger partial charge on any atom is -0.488 e. The fourth-order valence-corrected chi connectivity index (χ4v) is 6.26. The van der Waals surface area contributed by atoms with Gasteiger partial charge in [0, 0.05) is 30.6 Å². The van der Waals surface area contributed by atoms with Crippen LogP contribution < -0.4 is 15.4 Å². The predicted octanol–water partition coefficient (Wildman–Crippen LogP) is 6.87. The molecule has 1 aliphatic rings. The first-order chi connectivity index (χ1) is 19.6. The Bertz CT molecular complexity index is 1640. The van der Waals surface area contributed by atoms with Crippen molar-refractivity contribution in [2.45, 2.75) is 76.0 Å². The number of aromatic nitrogens is 4. The van der Waals surface area contributed by atoms with Gasteiger partial charge in [-0.2, -0.15) is 10.1 Å². The van der Waals surface area contributed by atoms with Crippen LogP contribution >= 0.6 is 0 Å². The summed E-state index contributed by atoms with van der Waals surface area (Å²) >= 11 is 0. The minimum atomic E-state index is -3.50. The molecule has 9 nitrogen and oxygen atoms in total. The van der Waals surface area contributed by atoms with Gasteiger partial charge in [0.2, 0.25) is 5.95 Å². The predicted molar refractivity (Wildman–Crippen MR) is 163 cm³/mol. The lowest BCUT2D eigenvalue weighted by Gasteiger charge is -2.25. The lowest BCUT2D eigenvalue weighted by Crippen LogP contribution is -2.20. The molecule has 0 aliphatic heterocycles. The molecule has 5 rings (SSSR count). The molecule has 2 N–H and O–H groups in total. The van der Waals surface area contributed by atoms with E-state index < -0.39 is 15.1 Å². The third-order valence-corrected chi connectivity index (χ3v) is 9.68. The Morgan fingerprint density at radius 1 is 0.976 bits per heavy atom. The Morgan fingerprint density at radius 3 is 2.44 bits per heavy atom. The van der Waals surface area contributed by atoms with Gasteiger partial charge < -0.3 is 15.4 Å². The summed E-state index contributed by atoms with van der Waals surface area (Å²) < 4.78 is 34.3. The van der Waals surface area contributed by atoms with Crippen LogP contribution in [0.4, 0.5) is 23.1 Å². The molecular formula is C31H38N6O3S. The standard InChI is InChI=1S/C31H38N6O3S/c1-20(2)41(38,39)29-14-10-9-13-26(29)34-30-22(4)17-32-31(36-30)35-27-16-25(23-18-33-37(5)19-23)21(3)15-28(27)40-24-11-7-6-8-12-24/h9-10,13-20,24H,6-8,11-12H2,1-5H3,(H2,32,34,35,36). The molecule has 41 heavy (non-hydrogen) atoms. The topological polar surface area (TPSA) is 111 Å². The molecule has 4 aromatic rings. The lowest BCUT2D eigenvalue weighted by molar-refractivity contribution is 0.156. The number of sulfone groups is 1. The minimum absolute atomic E-state index is 0.170. The number of rotatable bonds is 9. The van der Waals surface area contributed by atoms with Crippen LogP contribution in [0, 0.1) is 13.8 Å². The molecule has 1 aliphatic carbocycles. The molecule has 0 amide bonds. The van der Waals surface area contributed by atoms with E-state index in [4.69, 9.17) is 9.72 Å². The summed E-state index contributed by atoms with van der Waals surface area (Å²) in [6.07, 6.45) is 11.4. The molecule has 0 bridgehead atoms. The van der Waals surface area contributed by atoms with Crippen molar-refractivity contribution in [2.75, 3.05) is 10.6 Å². The van der Waals surface area contributed by atoms with Crippen molar-refractivity contribution < 1.29 is 13.2 Å². The highest BCUT2D eigenvalue weighted by atomic mass is 32.2. The van der Waals surface area contributed by atoms with E-state index in [1.165, 1.54) is 19.3 Å². The van der Waals surface area contributed by atoms with Gasteiger partial charge in [-0.15, -0.1) is 0 Å². The number of ether oxygens (including phenoxy) is 1. The van der Waals surface area contributed by atoms with Gasteiger partial charge in [0.25, 0.3) is 0 Å². The largest absolute Gasteiger partial charge is 0.488 e. The maximum Gasteiger partial charge on any atom is 0.229 e. The highest BCUT2D eigenvalue weighted by Gasteiger charge is 2.23. The first-order valence-electron chi connectivity index (χ1n) is 14.1. The first kappa shape index (κ1) is 28.6. The molecule has 1 saturated carbocycles. The summed E-state index contributed by atoms with van der Waals surface area (Å²) in [7, 11) is -1.60. The van der Waals surface area contributed by atoms with Crippen molar-refractivity contribution in [1.29, 1.82) is 0 Å². The van der Waals surface area contributed by atoms with E-state index in [1.54, 1.807) is 49.0 Å². The van der Waals surface area contributed by atoms with E-state index in [1.807, 2.05) is 26.4 Å². The fraction of sp³-hybridized carbons (Fsp3) is 0.387. The summed E-state index contributed by atoms with van der Waals surface area (Å²) in [5.41, 5.74) is 5.15. The third-order valence-electron chi connectivity index (χ3n) is 7.47. The summed E-state index contributed by atoms with van der Waals surface area (Å²) in [6.45, 7) is 7.32. The van der Waals surface area contributed by atoms with Crippen LogP contribution in [-0.2, 0) is 16.9 Å². The Hall–Kier alpha value is -3.92. The van der Waals surface area contributed by atoms with Gasteiger partial charge in [-0.05, 0) is 88.8 Å². The van der Waals surface area contributed by atoms with Crippen molar-refractivity contribution in [2.24, 2.45) is 7.05 Å². The zero-order valence-corrected chi connectivity index (χ0v) is 25.1. The molecule has 2 aromatic carbocycles. The average Bonchev–Trinajstić information content (AvgIpc) is 3.38. The number of benzene rings is 2. The maximum absolute atomic E-state index is 13.0. The molecule has 2 heterocycles. The van der Waals surface area contributed by atoms with Gasteiger partial charge in [-0.1, -0.05) is 18.6 Å². The fourth-order valence-electron chi connectivity index (χ4n) is 5.06. The second kappa shape index (κ2) is 11.9. The van der Waals surface area contributed by atoms with E-state index in [0.29, 0.717) is 17.5 Å². The summed E-state index contributed by atoms with van der Waals surface area (Å²) in [5.74, 6) is 1.65. The Morgan fingerprint density at radius 2 is 1.73 bits per heavy atom. The van der Waals surface area contributed by atoms with Crippen LogP contribution in [-0.4, -0.2) is 39.5 Å². The number of nitrogens with zero attached hydrogens (tertiary/aromatic N) is 4. The molecule has 1 fully saturated rings. The molecule has 2 aromatic heterocycles. The highest BCUT2D eigenvalue weighted by Crippen LogP contribution is 2.37. The molecule has 10 heteroatoms. The Balaban J connectivity index is 1.50. The van der Waals surface area contributed by atoms with Crippen molar-refractivity contribution in [3.63, 3.8) is 0 Å². The molecule has 0 unspecified atom stereocenters. The SMILES string of the molecule is Cc1cc(OC2CCCCC2)c(Nc2ncc(C)c(Nc3ccccc3S(=O)(=O)C(C)C)n2)cc1-c1cnn(C)c1. The number of nitrogens with one attached hydrogen (secondary N) is 2. The van der Waals surface area contributed by atoms with Gasteiger partial charge in [0.1, 0.15) is 11.6 Å². The highest BCUT2D eigenvalue weighted by molar-refractivity contribution is 7.92. The van der Waals surface area contributed by atoms with Crippen LogP contribution in [0.3, 0.4) is 0 Å². The number of hydrogen-bond donors (Lipinski definition) is 2. The number of para-hydroxylation sites is 1. The first-order valence-corrected chi connectivity index (χ1v) is 15.7. The third kappa shape index (κ3) is 6.37. The van der Waals surface area contributed by atoms with Crippen LogP contribution in [0.1, 0.15) is 57.1 Å². The number of hydrogen-bond acceptors (Lipinski definition) is 8. The zero-order valence-electron chi connectivity index (χ0n) is 24.3. The second-order valence-corrected chi connectivity index (χ2v) is 13.5. The normalized spacial score (nSPS) is 14.3. The molecule has 0 atom stereocenters. The van der Waals surface area contributed by atoms with E-state index in [2.05, 4.69) is 39.8 Å². The van der Waals surface area contributed by atoms with Gasteiger partial charge in [0.15, 0.2) is 9.84 Å². The van der Waals surface area contributed by atoms with Gasteiger partial charge in [0.05, 0.1) is 33.8 Å². The summed E-state index contributed by atoms with van der Waals surface area (Å²) in [6, 6.07) is 11.0. The van der Waals surface area contributed by atoms with Gasteiger partial charge >= 0.3 is 0 Å². The van der Waals surface area contributed by atoms with Crippen LogP contribution in [0.25, 0.3) is 11.1 Å². The summed E-state index contributed by atoms with van der Waals surface area (Å²) in [5, 5.41) is 10.4. The Labute approximate surface area is 242 Å². The second-order valence-electron chi connectivity index (χ2n) is 11.0. The van der Waals surface area contributed by atoms with Crippen LogP contribution in [0.15, 0.2) is 59.9 Å². The van der Waals surface area contributed by atoms with Crippen molar-refractivity contribution in [3.8, 4) is 16.9 Å². The van der Waals surface area contributed by atoms with Gasteiger partial charge in [-0.25, -0.2) is 13.4 Å². The van der Waals surface area contributed by atoms with Crippen molar-refractivity contribution in [1.82, 2.24) is 19.7 Å². The quantitative estimate of drug-likeness (QED) is 0.223. The monoisotopic (exact) mass is 574 g/mol. The van der Waals surface area contributed by atoms with Crippen LogP contribution in [0.2, 0.25) is 0 Å². The maximum atomic E-state index is 13.0. The Kier molecular flexibility index (Phi) is 8.30. The van der Waals surface area contributed by atoms with E-state index in [-0.39, 0.29) is 11.0 Å². The number of anilines is 4. The summed E-state index contributed by atoms with van der Waals surface area (Å²) in [4.78, 5) is 9.53. The van der Waals surface area contributed by atoms with Gasteiger partial charge in [-0.3, -0.25) is 4.68 Å². The average molecular weight is 575 g/mol. The van der Waals surface area contributed by atoms with E-state index in [9.17, 15) is 8.42 Å². The smallest absolute Gasteiger partial charge is 0.229 e. The molecule has 0 spiro atoms. The molecule has 0 radical (unpaired) electrons. The number of aryl methyl sites for hydroxylation is 3. The zero-order chi connectivity index (χ0) is 29.1. The molecule has 216 valence electrons. The molecular weight excluding hydrogens is 536 g/mol. The van der Waals surface area contributed by atoms with Crippen molar-refractivity contribution >= 4 is 33.0 Å². The molecule has 0 saturated heterocycles. The van der Waals surface area contributed by atoms with Crippen molar-refractivity contribution in [3.05, 3.63) is 66.1 Å². The van der Waals surface area contributed by atoms with Crippen LogP contribution in [0.5, 0.6) is 5.75 Å².